The lowest BCUT2D eigenvalue weighted by atomic mass is 9.93. The molecule has 1 aromatic rings. The van der Waals surface area contributed by atoms with Crippen molar-refractivity contribution >= 4 is 17.7 Å². The first-order chi connectivity index (χ1) is 13.8. The van der Waals surface area contributed by atoms with E-state index in [1.165, 1.54) is 0 Å². The Morgan fingerprint density at radius 3 is 2.27 bits per heavy atom. The number of rotatable bonds is 1. The molecule has 0 bridgehead atoms. The first kappa shape index (κ1) is 22.0. The normalized spacial score (nSPS) is 20.2. The van der Waals surface area contributed by atoms with Crippen LogP contribution in [0.3, 0.4) is 0 Å². The van der Waals surface area contributed by atoms with Crippen molar-refractivity contribution in [3.8, 4) is 0 Å². The van der Waals surface area contributed by atoms with Crippen molar-refractivity contribution in [2.24, 2.45) is 0 Å². The molecule has 1 aromatic carbocycles. The summed E-state index contributed by atoms with van der Waals surface area (Å²) in [5.74, 6) is -2.04. The second-order valence-corrected chi connectivity index (χ2v) is 7.38. The number of hydrogen-bond donors (Lipinski definition) is 1. The number of fused-ring (bicyclic) bond motifs is 1. The van der Waals surface area contributed by atoms with Gasteiger partial charge in [-0.05, 0) is 36.6 Å². The predicted octanol–water partition coefficient (Wildman–Crippen LogP) is 3.34. The molecule has 1 fully saturated rings. The van der Waals surface area contributed by atoms with Crippen molar-refractivity contribution in [3.63, 3.8) is 0 Å². The van der Waals surface area contributed by atoms with Crippen molar-refractivity contribution in [2.75, 3.05) is 31.1 Å². The molecule has 0 saturated carbocycles. The van der Waals surface area contributed by atoms with Crippen LogP contribution in [0.5, 0.6) is 0 Å². The van der Waals surface area contributed by atoms with Gasteiger partial charge in [0, 0.05) is 44.5 Å². The Bertz CT molecular complexity index is 855. The molecule has 6 nitrogen and oxygen atoms in total. The molecule has 166 valence electrons. The van der Waals surface area contributed by atoms with E-state index in [-0.39, 0.29) is 49.4 Å². The van der Waals surface area contributed by atoms with Gasteiger partial charge in [0.05, 0.1) is 5.56 Å². The standard InChI is InChI=1S/C18H19F6N3O3/c1-10-8-25(4-5-27(10)16(29)30)14-7-12(17(19,20)21)6-11-2-3-26(9-13(11)14)15(28)18(22,23)24/h6-7,10H,2-5,8-9H2,1H3,(H,29,30)/t10-/m1/s1. The number of hydrogen-bond acceptors (Lipinski definition) is 3. The zero-order chi connectivity index (χ0) is 22.4. The van der Waals surface area contributed by atoms with E-state index in [0.29, 0.717) is 4.90 Å². The Kier molecular flexibility index (Phi) is 5.54. The van der Waals surface area contributed by atoms with E-state index < -0.39 is 42.5 Å². The highest BCUT2D eigenvalue weighted by Gasteiger charge is 2.44. The van der Waals surface area contributed by atoms with Gasteiger partial charge in [-0.2, -0.15) is 26.3 Å². The highest BCUT2D eigenvalue weighted by molar-refractivity contribution is 5.82. The molecule has 0 aliphatic carbocycles. The molecule has 0 radical (unpaired) electrons. The van der Waals surface area contributed by atoms with Crippen molar-refractivity contribution in [1.29, 1.82) is 0 Å². The molecule has 0 spiro atoms. The minimum atomic E-state index is -5.08. The van der Waals surface area contributed by atoms with Gasteiger partial charge in [0.15, 0.2) is 0 Å². The van der Waals surface area contributed by atoms with Crippen molar-refractivity contribution in [2.45, 2.75) is 38.3 Å². The molecule has 2 heterocycles. The Hall–Kier alpha value is -2.66. The van der Waals surface area contributed by atoms with E-state index in [0.717, 1.165) is 17.0 Å². The number of carbonyl (C=O) groups excluding carboxylic acids is 1. The maximum Gasteiger partial charge on any atom is 0.471 e. The number of benzene rings is 1. The Morgan fingerprint density at radius 1 is 1.07 bits per heavy atom. The van der Waals surface area contributed by atoms with Crippen LogP contribution in [0.15, 0.2) is 12.1 Å². The molecular weight excluding hydrogens is 420 g/mol. The van der Waals surface area contributed by atoms with Crippen LogP contribution in [0.4, 0.5) is 36.8 Å². The average molecular weight is 439 g/mol. The molecule has 1 saturated heterocycles. The molecule has 2 aliphatic heterocycles. The lowest BCUT2D eigenvalue weighted by Gasteiger charge is -2.41. The summed E-state index contributed by atoms with van der Waals surface area (Å²) in [5, 5.41) is 9.19. The van der Waals surface area contributed by atoms with Gasteiger partial charge in [0.1, 0.15) is 0 Å². The molecule has 3 rings (SSSR count). The number of carbonyl (C=O) groups is 2. The van der Waals surface area contributed by atoms with E-state index in [4.69, 9.17) is 0 Å². The highest BCUT2D eigenvalue weighted by atomic mass is 19.4. The van der Waals surface area contributed by atoms with Gasteiger partial charge in [-0.25, -0.2) is 4.79 Å². The zero-order valence-electron chi connectivity index (χ0n) is 15.8. The Morgan fingerprint density at radius 2 is 1.73 bits per heavy atom. The quantitative estimate of drug-likeness (QED) is 0.682. The summed E-state index contributed by atoms with van der Waals surface area (Å²) in [6.07, 6.45) is -11.0. The molecule has 12 heteroatoms. The summed E-state index contributed by atoms with van der Waals surface area (Å²) in [5.41, 5.74) is -0.390. The first-order valence-electron chi connectivity index (χ1n) is 9.12. The lowest BCUT2D eigenvalue weighted by molar-refractivity contribution is -0.186. The lowest BCUT2D eigenvalue weighted by Crippen LogP contribution is -2.54. The van der Waals surface area contributed by atoms with E-state index in [9.17, 15) is 41.0 Å². The zero-order valence-corrected chi connectivity index (χ0v) is 15.8. The second kappa shape index (κ2) is 7.55. The van der Waals surface area contributed by atoms with Gasteiger partial charge in [0.2, 0.25) is 0 Å². The number of anilines is 1. The van der Waals surface area contributed by atoms with Crippen LogP contribution in [0.2, 0.25) is 0 Å². The Balaban J connectivity index is 2.00. The van der Waals surface area contributed by atoms with Gasteiger partial charge in [0.25, 0.3) is 0 Å². The monoisotopic (exact) mass is 439 g/mol. The van der Waals surface area contributed by atoms with Crippen LogP contribution >= 0.6 is 0 Å². The van der Waals surface area contributed by atoms with Gasteiger partial charge < -0.3 is 19.8 Å². The van der Waals surface area contributed by atoms with Crippen LogP contribution in [0.25, 0.3) is 0 Å². The van der Waals surface area contributed by atoms with Crippen molar-refractivity contribution in [1.82, 2.24) is 9.80 Å². The maximum atomic E-state index is 13.4. The minimum Gasteiger partial charge on any atom is -0.465 e. The third kappa shape index (κ3) is 4.26. The molecule has 1 atom stereocenters. The Labute approximate surface area is 167 Å². The number of amides is 2. The highest BCUT2D eigenvalue weighted by Crippen LogP contribution is 2.39. The fourth-order valence-electron chi connectivity index (χ4n) is 3.91. The van der Waals surface area contributed by atoms with E-state index in [1.807, 2.05) is 0 Å². The second-order valence-electron chi connectivity index (χ2n) is 7.38. The molecule has 0 unspecified atom stereocenters. The van der Waals surface area contributed by atoms with Crippen LogP contribution in [0, 0.1) is 0 Å². The first-order valence-corrected chi connectivity index (χ1v) is 9.12. The van der Waals surface area contributed by atoms with E-state index in [1.54, 1.807) is 11.8 Å². The molecule has 30 heavy (non-hydrogen) atoms. The smallest absolute Gasteiger partial charge is 0.465 e. The van der Waals surface area contributed by atoms with Crippen LogP contribution in [-0.4, -0.2) is 65.3 Å². The molecule has 0 aromatic heterocycles. The number of halogens is 6. The predicted molar refractivity (Wildman–Crippen MR) is 93.0 cm³/mol. The third-order valence-electron chi connectivity index (χ3n) is 5.39. The fraction of sp³-hybridized carbons (Fsp3) is 0.556. The molecule has 2 aliphatic rings. The summed E-state index contributed by atoms with van der Waals surface area (Å²) in [4.78, 5) is 26.2. The summed E-state index contributed by atoms with van der Waals surface area (Å²) < 4.78 is 78.7. The van der Waals surface area contributed by atoms with Crippen LogP contribution in [0.1, 0.15) is 23.6 Å². The van der Waals surface area contributed by atoms with Gasteiger partial charge in [-0.1, -0.05) is 0 Å². The van der Waals surface area contributed by atoms with E-state index in [2.05, 4.69) is 0 Å². The van der Waals surface area contributed by atoms with E-state index >= 15 is 0 Å². The summed E-state index contributed by atoms with van der Waals surface area (Å²) in [6.45, 7) is 0.987. The topological polar surface area (TPSA) is 64.1 Å². The SMILES string of the molecule is C[C@@H]1CN(c2cc(C(F)(F)F)cc3c2CN(C(=O)C(F)(F)F)CC3)CCN1C(=O)O. The third-order valence-corrected chi connectivity index (χ3v) is 5.39. The average Bonchev–Trinajstić information content (AvgIpc) is 2.64. The van der Waals surface area contributed by atoms with Crippen molar-refractivity contribution < 1.29 is 41.0 Å². The number of carboxylic acid groups (broad SMARTS) is 1. The molecular formula is C18H19F6N3O3. The van der Waals surface area contributed by atoms with Gasteiger partial charge >= 0.3 is 24.4 Å². The summed E-state index contributed by atoms with van der Waals surface area (Å²) >= 11 is 0. The fourth-order valence-corrected chi connectivity index (χ4v) is 3.91. The minimum absolute atomic E-state index is 0.0344. The summed E-state index contributed by atoms with van der Waals surface area (Å²) in [6, 6.07) is 1.24. The number of nitrogens with zero attached hydrogens (tertiary/aromatic N) is 3. The van der Waals surface area contributed by atoms with Crippen molar-refractivity contribution in [3.05, 3.63) is 28.8 Å². The largest absolute Gasteiger partial charge is 0.471 e. The summed E-state index contributed by atoms with van der Waals surface area (Å²) in [7, 11) is 0. The maximum absolute atomic E-state index is 13.4. The number of piperazine rings is 1. The van der Waals surface area contributed by atoms with Crippen LogP contribution in [-0.2, 0) is 23.9 Å². The number of alkyl halides is 6. The van der Waals surface area contributed by atoms with Gasteiger partial charge in [-0.3, -0.25) is 4.79 Å². The molecule has 1 N–H and O–H groups in total. The van der Waals surface area contributed by atoms with Crippen LogP contribution < -0.4 is 4.90 Å². The van der Waals surface area contributed by atoms with Gasteiger partial charge in [-0.15, -0.1) is 0 Å². The molecule has 2 amide bonds.